The Kier molecular flexibility index (Phi) is 14.4. The van der Waals surface area contributed by atoms with Crippen LogP contribution in [0.3, 0.4) is 0 Å². The Labute approximate surface area is 269 Å². The number of aliphatic carboxylic acids is 1. The molecule has 2 aliphatic heterocycles. The van der Waals surface area contributed by atoms with Gasteiger partial charge in [-0.15, -0.1) is 0 Å². The number of aliphatic hydroxyl groups is 6. The minimum Gasteiger partial charge on any atom is -0.479 e. The normalized spacial score (nSPS) is 33.5. The second kappa shape index (κ2) is 16.9. The number of nitrogens with zero attached hydrogens (tertiary/aromatic N) is 1. The zero-order chi connectivity index (χ0) is 36.0. The maximum Gasteiger partial charge on any atom is 0.332 e. The number of carbonyl (C=O) groups is 5. The molecule has 0 aromatic heterocycles. The number of ether oxygens (including phenoxy) is 3. The lowest BCUT2D eigenvalue weighted by atomic mass is 9.76. The first-order valence-electron chi connectivity index (χ1n) is 14.9. The summed E-state index contributed by atoms with van der Waals surface area (Å²) in [6.45, 7) is 2.36. The summed E-state index contributed by atoms with van der Waals surface area (Å²) in [6.07, 6.45) is -16.3. The van der Waals surface area contributed by atoms with E-state index in [9.17, 15) is 59.7 Å². The van der Waals surface area contributed by atoms with Gasteiger partial charge in [0.1, 0.15) is 54.8 Å². The van der Waals surface area contributed by atoms with E-state index in [0.29, 0.717) is 4.90 Å². The molecular formula is C27H47N5O15. The van der Waals surface area contributed by atoms with Crippen molar-refractivity contribution < 1.29 is 73.9 Å². The predicted molar refractivity (Wildman–Crippen MR) is 155 cm³/mol. The molecule has 2 saturated heterocycles. The summed E-state index contributed by atoms with van der Waals surface area (Å²) in [5, 5.41) is 77.6. The Morgan fingerprint density at radius 3 is 2.00 bits per heavy atom. The zero-order valence-corrected chi connectivity index (χ0v) is 26.5. The van der Waals surface area contributed by atoms with Crippen LogP contribution in [0.1, 0.15) is 40.5 Å². The summed E-state index contributed by atoms with van der Waals surface area (Å²) >= 11 is 0. The number of amides is 4. The average Bonchev–Trinajstić information content (AvgIpc) is 2.98. The van der Waals surface area contributed by atoms with Gasteiger partial charge in [-0.25, -0.2) is 4.79 Å². The van der Waals surface area contributed by atoms with E-state index in [2.05, 4.69) is 10.6 Å². The summed E-state index contributed by atoms with van der Waals surface area (Å²) in [6, 6.07) is -4.56. The van der Waals surface area contributed by atoms with Crippen LogP contribution in [0.2, 0.25) is 0 Å². The van der Waals surface area contributed by atoms with Crippen LogP contribution >= 0.6 is 0 Å². The largest absolute Gasteiger partial charge is 0.479 e. The van der Waals surface area contributed by atoms with Crippen LogP contribution in [0.25, 0.3) is 0 Å². The highest BCUT2D eigenvalue weighted by atomic mass is 16.6. The van der Waals surface area contributed by atoms with Crippen molar-refractivity contribution >= 4 is 29.6 Å². The molecule has 4 amide bonds. The molecule has 2 unspecified atom stereocenters. The van der Waals surface area contributed by atoms with Gasteiger partial charge < -0.3 is 77.0 Å². The molecular weight excluding hydrogens is 634 g/mol. The SMILES string of the molecule is CC(=O)N[C@@H]1[C@@H](OC(C)CN(C(=O)[C@H](C)NC(C)=O)[C@](CCC(N)=O)(C(=O)O)C2O[C@H](CO)[C@@H](O)[C@H](O)[C@H]2N)[C@H](O)[C@@H](CO)O[C@@H]1O. The lowest BCUT2D eigenvalue weighted by Crippen LogP contribution is -2.76. The first-order valence-corrected chi connectivity index (χ1v) is 14.9. The van der Waals surface area contributed by atoms with Gasteiger partial charge in [0.05, 0.1) is 25.4 Å². The fourth-order valence-electron chi connectivity index (χ4n) is 5.91. The Bertz CT molecular complexity index is 1130. The van der Waals surface area contributed by atoms with E-state index < -0.39 is 141 Å². The molecule has 0 aliphatic carbocycles. The summed E-state index contributed by atoms with van der Waals surface area (Å²) in [5.74, 6) is -5.22. The predicted octanol–water partition coefficient (Wildman–Crippen LogP) is -6.41. The van der Waals surface area contributed by atoms with Crippen LogP contribution in [0.4, 0.5) is 0 Å². The van der Waals surface area contributed by atoms with E-state index in [1.807, 2.05) is 0 Å². The second-order valence-electron chi connectivity index (χ2n) is 11.8. The monoisotopic (exact) mass is 681 g/mol. The zero-order valence-electron chi connectivity index (χ0n) is 26.5. The number of aliphatic hydroxyl groups excluding tert-OH is 6. The standard InChI is InChI=1S/C27H47N5O15/c1-10(45-22-18(31-13(4)36)25(42)47-15(9-34)20(22)39)7-32(24(41)11(2)30-12(3)35)27(26(43)44,6-5-16(28)37)23-17(29)21(40)19(38)14(8-33)46-23/h10-11,14-15,17-23,25,33-34,38-40,42H,5-9,29H2,1-4H3,(H2,28,37)(H,30,35)(H,31,36)(H,43,44)/t10?,11-,14+,15+,17+,18+,19+,20+,21+,22+,23?,25-,27-/m0/s1. The van der Waals surface area contributed by atoms with Crippen molar-refractivity contribution in [1.82, 2.24) is 15.5 Å². The van der Waals surface area contributed by atoms with Crippen molar-refractivity contribution in [3.63, 3.8) is 0 Å². The van der Waals surface area contributed by atoms with Crippen molar-refractivity contribution in [2.75, 3.05) is 19.8 Å². The molecule has 0 bridgehead atoms. The minimum absolute atomic E-state index is 0.659. The molecule has 0 saturated carbocycles. The van der Waals surface area contributed by atoms with E-state index in [4.69, 9.17) is 25.7 Å². The lowest BCUT2D eigenvalue weighted by Gasteiger charge is -2.52. The fraction of sp³-hybridized carbons (Fsp3) is 0.815. The summed E-state index contributed by atoms with van der Waals surface area (Å²) < 4.78 is 16.9. The highest BCUT2D eigenvalue weighted by Gasteiger charge is 2.60. The van der Waals surface area contributed by atoms with Crippen molar-refractivity contribution in [3.8, 4) is 0 Å². The van der Waals surface area contributed by atoms with Gasteiger partial charge in [-0.1, -0.05) is 0 Å². The molecule has 0 aromatic carbocycles. The van der Waals surface area contributed by atoms with Crippen molar-refractivity contribution in [3.05, 3.63) is 0 Å². The summed E-state index contributed by atoms with van der Waals surface area (Å²) in [7, 11) is 0. The highest BCUT2D eigenvalue weighted by molar-refractivity contribution is 5.92. The third-order valence-corrected chi connectivity index (χ3v) is 8.18. The second-order valence-corrected chi connectivity index (χ2v) is 11.8. The van der Waals surface area contributed by atoms with Crippen LogP contribution in [0.5, 0.6) is 0 Å². The Morgan fingerprint density at radius 1 is 0.936 bits per heavy atom. The Morgan fingerprint density at radius 2 is 1.51 bits per heavy atom. The van der Waals surface area contributed by atoms with Gasteiger partial charge in [0.25, 0.3) is 0 Å². The van der Waals surface area contributed by atoms with E-state index in [0.717, 1.165) is 13.8 Å². The minimum atomic E-state index is -2.69. The van der Waals surface area contributed by atoms with Gasteiger partial charge in [0.2, 0.25) is 23.6 Å². The van der Waals surface area contributed by atoms with Gasteiger partial charge >= 0.3 is 5.97 Å². The molecule has 2 fully saturated rings. The quantitative estimate of drug-likeness (QED) is 0.0765. The third-order valence-electron chi connectivity index (χ3n) is 8.18. The fourth-order valence-corrected chi connectivity index (χ4v) is 5.91. The number of rotatable bonds is 15. The molecule has 2 heterocycles. The van der Waals surface area contributed by atoms with Crippen LogP contribution < -0.4 is 22.1 Å². The van der Waals surface area contributed by atoms with Gasteiger partial charge in [-0.2, -0.15) is 0 Å². The summed E-state index contributed by atoms with van der Waals surface area (Å²) in [4.78, 5) is 63.9. The smallest absolute Gasteiger partial charge is 0.332 e. The molecule has 13 atom stereocenters. The number of hydrogen-bond donors (Lipinski definition) is 11. The lowest BCUT2D eigenvalue weighted by molar-refractivity contribution is -0.269. The van der Waals surface area contributed by atoms with E-state index in [1.165, 1.54) is 13.8 Å². The molecule has 0 spiro atoms. The average molecular weight is 682 g/mol. The number of nitrogens with two attached hydrogens (primary N) is 2. The summed E-state index contributed by atoms with van der Waals surface area (Å²) in [5.41, 5.74) is 8.86. The van der Waals surface area contributed by atoms with Crippen LogP contribution in [-0.4, -0.2) is 169 Å². The van der Waals surface area contributed by atoms with Crippen molar-refractivity contribution in [2.45, 2.75) is 119 Å². The molecule has 20 nitrogen and oxygen atoms in total. The van der Waals surface area contributed by atoms with Gasteiger partial charge in [-0.05, 0) is 20.3 Å². The molecule has 2 aliphatic rings. The third kappa shape index (κ3) is 9.10. The number of hydrogen-bond acceptors (Lipinski definition) is 15. The molecule has 270 valence electrons. The topological polar surface area (TPSA) is 334 Å². The molecule has 47 heavy (non-hydrogen) atoms. The van der Waals surface area contributed by atoms with Crippen molar-refractivity contribution in [1.29, 1.82) is 0 Å². The van der Waals surface area contributed by atoms with Crippen LogP contribution in [0, 0.1) is 0 Å². The van der Waals surface area contributed by atoms with Gasteiger partial charge in [0.15, 0.2) is 11.8 Å². The Hall–Kier alpha value is -3.05. The maximum absolute atomic E-state index is 14.1. The van der Waals surface area contributed by atoms with Crippen molar-refractivity contribution in [2.24, 2.45) is 11.5 Å². The van der Waals surface area contributed by atoms with E-state index in [-0.39, 0.29) is 0 Å². The number of carbonyl (C=O) groups excluding carboxylic acids is 4. The molecule has 0 aromatic rings. The first-order chi connectivity index (χ1) is 21.8. The van der Waals surface area contributed by atoms with Gasteiger partial charge in [0, 0.05) is 26.8 Å². The highest BCUT2D eigenvalue weighted by Crippen LogP contribution is 2.37. The number of primary amides is 1. The Balaban J connectivity index is 2.72. The van der Waals surface area contributed by atoms with Crippen LogP contribution in [0.15, 0.2) is 0 Å². The van der Waals surface area contributed by atoms with Crippen LogP contribution in [-0.2, 0) is 38.2 Å². The molecule has 0 radical (unpaired) electrons. The van der Waals surface area contributed by atoms with E-state index in [1.54, 1.807) is 0 Å². The first kappa shape index (κ1) is 40.1. The number of carboxylic acid groups (broad SMARTS) is 1. The maximum atomic E-state index is 14.1. The molecule has 2 rings (SSSR count). The van der Waals surface area contributed by atoms with Gasteiger partial charge in [-0.3, -0.25) is 19.2 Å². The molecule has 20 heteroatoms. The number of nitrogens with one attached hydrogen (secondary N) is 2. The molecule has 13 N–H and O–H groups in total. The number of carboxylic acids is 1. The van der Waals surface area contributed by atoms with E-state index >= 15 is 0 Å².